The first kappa shape index (κ1) is 36.8. The molecule has 0 aromatic heterocycles. The van der Waals surface area contributed by atoms with Gasteiger partial charge in [0, 0.05) is 60.3 Å². The molecule has 48 heavy (non-hydrogen) atoms. The fourth-order valence-corrected chi connectivity index (χ4v) is 7.40. The lowest BCUT2D eigenvalue weighted by atomic mass is 9.81. The molecule has 0 atom stereocenters. The Kier molecular flexibility index (Phi) is 11.5. The minimum atomic E-state index is -4.37. The molecule has 0 fully saturated rings. The van der Waals surface area contributed by atoms with Crippen molar-refractivity contribution in [1.29, 1.82) is 0 Å². The summed E-state index contributed by atoms with van der Waals surface area (Å²) in [6.07, 6.45) is 15.0. The molecule has 0 radical (unpaired) electrons. The predicted molar refractivity (Wildman–Crippen MR) is 189 cm³/mol. The number of carboxylic acid groups (broad SMARTS) is 2. The highest BCUT2D eigenvalue weighted by atomic mass is 32.2. The number of hydrogen-bond donors (Lipinski definition) is 3. The van der Waals surface area contributed by atoms with Crippen LogP contribution in [-0.4, -0.2) is 58.5 Å². The van der Waals surface area contributed by atoms with Crippen molar-refractivity contribution in [2.45, 2.75) is 102 Å². The highest BCUT2D eigenvalue weighted by Crippen LogP contribution is 2.48. The van der Waals surface area contributed by atoms with E-state index in [9.17, 15) is 22.6 Å². The fourth-order valence-electron chi connectivity index (χ4n) is 6.89. The van der Waals surface area contributed by atoms with E-state index in [0.717, 1.165) is 49.2 Å². The van der Waals surface area contributed by atoms with Gasteiger partial charge in [-0.2, -0.15) is 13.0 Å². The van der Waals surface area contributed by atoms with Gasteiger partial charge >= 0.3 is 11.9 Å². The third-order valence-electron chi connectivity index (χ3n) is 9.48. The Bertz CT molecular complexity index is 1780. The van der Waals surface area contributed by atoms with Gasteiger partial charge in [-0.15, -0.1) is 0 Å². The van der Waals surface area contributed by atoms with Crippen LogP contribution in [0.25, 0.3) is 0 Å². The summed E-state index contributed by atoms with van der Waals surface area (Å²) in [7, 11) is -4.37. The van der Waals surface area contributed by atoms with Gasteiger partial charge in [-0.3, -0.25) is 14.1 Å². The first-order valence-electron chi connectivity index (χ1n) is 16.7. The van der Waals surface area contributed by atoms with Gasteiger partial charge in [0.15, 0.2) is 5.71 Å². The molecule has 0 saturated heterocycles. The van der Waals surface area contributed by atoms with Crippen LogP contribution in [0.15, 0.2) is 77.4 Å². The van der Waals surface area contributed by atoms with Crippen molar-refractivity contribution >= 4 is 39.1 Å². The fraction of sp³-hybridized carbons (Fsp3) is 0.447. The van der Waals surface area contributed by atoms with Crippen LogP contribution in [0, 0.1) is 6.92 Å². The van der Waals surface area contributed by atoms with Gasteiger partial charge in [0.1, 0.15) is 6.54 Å². The molecule has 0 bridgehead atoms. The summed E-state index contributed by atoms with van der Waals surface area (Å²) in [6, 6.07) is 11.2. The molecular weight excluding hydrogens is 628 g/mol. The van der Waals surface area contributed by atoms with Crippen LogP contribution in [-0.2, 0) is 30.5 Å². The second-order valence-electron chi connectivity index (χ2n) is 13.8. The van der Waals surface area contributed by atoms with Gasteiger partial charge in [0.2, 0.25) is 5.69 Å². The monoisotopic (exact) mass is 677 g/mol. The van der Waals surface area contributed by atoms with Gasteiger partial charge in [-0.25, -0.2) is 0 Å². The van der Waals surface area contributed by atoms with E-state index in [4.69, 9.17) is 10.2 Å². The zero-order chi connectivity index (χ0) is 35.3. The van der Waals surface area contributed by atoms with E-state index in [0.29, 0.717) is 19.4 Å². The van der Waals surface area contributed by atoms with E-state index in [1.54, 1.807) is 12.1 Å². The summed E-state index contributed by atoms with van der Waals surface area (Å²) < 4.78 is 35.8. The number of rotatable bonds is 16. The van der Waals surface area contributed by atoms with Gasteiger partial charge in [0.25, 0.3) is 10.1 Å². The van der Waals surface area contributed by atoms with Crippen LogP contribution in [0.4, 0.5) is 11.4 Å². The molecule has 2 aliphatic rings. The molecule has 0 spiro atoms. The molecule has 9 nitrogen and oxygen atoms in total. The van der Waals surface area contributed by atoms with Gasteiger partial charge < -0.3 is 15.1 Å². The van der Waals surface area contributed by atoms with Gasteiger partial charge in [-0.1, -0.05) is 56.2 Å². The molecular formula is C38H49N2O7S+. The van der Waals surface area contributed by atoms with Crippen molar-refractivity contribution in [2.24, 2.45) is 0 Å². The van der Waals surface area contributed by atoms with E-state index >= 15 is 0 Å². The van der Waals surface area contributed by atoms with Crippen molar-refractivity contribution in [3.63, 3.8) is 0 Å². The summed E-state index contributed by atoms with van der Waals surface area (Å²) in [5.74, 6) is -1.57. The minimum Gasteiger partial charge on any atom is -0.481 e. The SMILES string of the molecule is Cc1ccc2c(c1)C(C)(C)C(=CC=CC=CC1=[N+](CCCCCC(=O)O)c3ccc(S(=O)(=O)O)cc3C1(C)C)N2CCCCCC(=O)O. The largest absolute Gasteiger partial charge is 0.481 e. The van der Waals surface area contributed by atoms with E-state index in [1.807, 2.05) is 38.2 Å². The van der Waals surface area contributed by atoms with Gasteiger partial charge in [-0.05, 0) is 76.3 Å². The molecule has 0 unspecified atom stereocenters. The van der Waals surface area contributed by atoms with Crippen molar-refractivity contribution < 1.29 is 37.3 Å². The summed E-state index contributed by atoms with van der Waals surface area (Å²) >= 11 is 0. The topological polar surface area (TPSA) is 135 Å². The molecule has 0 aliphatic carbocycles. The van der Waals surface area contributed by atoms with Crippen LogP contribution >= 0.6 is 0 Å². The first-order chi connectivity index (χ1) is 22.5. The highest BCUT2D eigenvalue weighted by molar-refractivity contribution is 7.85. The summed E-state index contributed by atoms with van der Waals surface area (Å²) in [4.78, 5) is 24.2. The Balaban J connectivity index is 1.61. The zero-order valence-electron chi connectivity index (χ0n) is 28.7. The number of fused-ring (bicyclic) bond motifs is 2. The maximum Gasteiger partial charge on any atom is 0.303 e. The standard InChI is InChI=1S/C38H48N2O7S/c1-27-19-21-31-29(25-27)37(2,3)33(39(31)23-13-7-11-17-35(41)42)15-9-6-10-16-34-38(4,5)30-26-28(48(45,46)47)20-22-32(30)40(34)24-14-8-12-18-36(43)44/h6,9-10,15-16,19-22,25-26H,7-8,11-14,17-18,23-24H2,1-5H3,(H2-,41,42,43,44,45,46,47)/p+1. The van der Waals surface area contributed by atoms with E-state index < -0.39 is 27.5 Å². The third kappa shape index (κ3) is 8.33. The van der Waals surface area contributed by atoms with Crippen LogP contribution in [0.2, 0.25) is 0 Å². The molecule has 2 heterocycles. The molecule has 0 amide bonds. The maximum atomic E-state index is 12.0. The lowest BCUT2D eigenvalue weighted by Gasteiger charge is -2.27. The second-order valence-corrected chi connectivity index (χ2v) is 15.2. The zero-order valence-corrected chi connectivity index (χ0v) is 29.5. The van der Waals surface area contributed by atoms with Crippen molar-refractivity contribution in [3.05, 3.63) is 89.2 Å². The van der Waals surface area contributed by atoms with E-state index in [-0.39, 0.29) is 23.2 Å². The van der Waals surface area contributed by atoms with Crippen LogP contribution in [0.5, 0.6) is 0 Å². The quantitative estimate of drug-likeness (QED) is 0.0712. The number of hydrogen-bond acceptors (Lipinski definition) is 5. The summed E-state index contributed by atoms with van der Waals surface area (Å²) in [6.45, 7) is 12.1. The van der Waals surface area contributed by atoms with E-state index in [2.05, 4.69) is 54.5 Å². The first-order valence-corrected chi connectivity index (χ1v) is 18.1. The Morgan fingerprint density at radius 1 is 0.812 bits per heavy atom. The number of aliphatic carboxylic acids is 2. The third-order valence-corrected chi connectivity index (χ3v) is 10.3. The molecule has 258 valence electrons. The molecule has 2 aromatic carbocycles. The smallest absolute Gasteiger partial charge is 0.303 e. The number of aryl methyl sites for hydroxylation is 1. The Hall–Kier alpha value is -4.02. The number of nitrogens with zero attached hydrogens (tertiary/aromatic N) is 2. The number of carbonyl (C=O) groups is 2. The second kappa shape index (κ2) is 15.0. The summed E-state index contributed by atoms with van der Waals surface area (Å²) in [5.41, 5.74) is 6.71. The van der Waals surface area contributed by atoms with Crippen LogP contribution in [0.1, 0.15) is 95.8 Å². The lowest BCUT2D eigenvalue weighted by molar-refractivity contribution is -0.438. The average Bonchev–Trinajstić information content (AvgIpc) is 3.33. The van der Waals surface area contributed by atoms with Crippen molar-refractivity contribution in [2.75, 3.05) is 18.0 Å². The number of allylic oxidation sites excluding steroid dienone is 6. The van der Waals surface area contributed by atoms with Crippen molar-refractivity contribution in [1.82, 2.24) is 0 Å². The van der Waals surface area contributed by atoms with E-state index in [1.165, 1.54) is 28.6 Å². The van der Waals surface area contributed by atoms with Crippen molar-refractivity contribution in [3.8, 4) is 0 Å². The highest BCUT2D eigenvalue weighted by Gasteiger charge is 2.45. The molecule has 4 rings (SSSR count). The molecule has 2 aliphatic heterocycles. The molecule has 10 heteroatoms. The lowest BCUT2D eigenvalue weighted by Crippen LogP contribution is -2.28. The van der Waals surface area contributed by atoms with Gasteiger partial charge in [0.05, 0.1) is 10.3 Å². The molecule has 0 saturated carbocycles. The maximum absolute atomic E-state index is 12.0. The molecule has 3 N–H and O–H groups in total. The number of carboxylic acids is 2. The van der Waals surface area contributed by atoms with Crippen LogP contribution < -0.4 is 4.90 Å². The van der Waals surface area contributed by atoms with Crippen LogP contribution in [0.3, 0.4) is 0 Å². The summed E-state index contributed by atoms with van der Waals surface area (Å²) in [5, 5.41) is 18.0. The molecule has 2 aromatic rings. The normalized spacial score (nSPS) is 17.5. The predicted octanol–water partition coefficient (Wildman–Crippen LogP) is 7.70. The number of unbranched alkanes of at least 4 members (excludes halogenated alkanes) is 4. The Morgan fingerprint density at radius 3 is 2.12 bits per heavy atom. The number of benzene rings is 2. The minimum absolute atomic E-state index is 0.125. The Labute approximate surface area is 284 Å². The average molecular weight is 678 g/mol. The Morgan fingerprint density at radius 2 is 1.48 bits per heavy atom. The number of anilines is 1.